The first kappa shape index (κ1) is 11.0. The van der Waals surface area contributed by atoms with Gasteiger partial charge in [-0.3, -0.25) is 0 Å². The smallest absolute Gasteiger partial charge is 0.0995 e. The highest BCUT2D eigenvalue weighted by atomic mass is 35.5. The summed E-state index contributed by atoms with van der Waals surface area (Å²) in [6.07, 6.45) is -0.708. The first-order valence-corrected chi connectivity index (χ1v) is 4.57. The predicted molar refractivity (Wildman–Crippen MR) is 54.8 cm³/mol. The number of hydrogen-bond donors (Lipinski definition) is 2. The van der Waals surface area contributed by atoms with E-state index in [9.17, 15) is 5.11 Å². The summed E-state index contributed by atoms with van der Waals surface area (Å²) in [6, 6.07) is 6.26. The van der Waals surface area contributed by atoms with Crippen molar-refractivity contribution in [3.8, 4) is 6.07 Å². The second-order valence-electron chi connectivity index (χ2n) is 3.11. The fourth-order valence-corrected chi connectivity index (χ4v) is 1.35. The van der Waals surface area contributed by atoms with Gasteiger partial charge in [-0.25, -0.2) is 0 Å². The Hall–Kier alpha value is -1.08. The fourth-order valence-electron chi connectivity index (χ4n) is 1.17. The summed E-state index contributed by atoms with van der Waals surface area (Å²) >= 11 is 5.78. The Morgan fingerprint density at radius 1 is 1.57 bits per heavy atom. The van der Waals surface area contributed by atoms with E-state index in [1.807, 2.05) is 6.07 Å². The maximum atomic E-state index is 9.31. The maximum Gasteiger partial charge on any atom is 0.0995 e. The minimum absolute atomic E-state index is 0.447. The van der Waals surface area contributed by atoms with E-state index in [-0.39, 0.29) is 0 Å². The van der Waals surface area contributed by atoms with Gasteiger partial charge < -0.3 is 10.8 Å². The van der Waals surface area contributed by atoms with E-state index in [0.29, 0.717) is 16.1 Å². The molecule has 0 amide bonds. The highest BCUT2D eigenvalue weighted by Gasteiger charge is 2.16. The van der Waals surface area contributed by atoms with Crippen molar-refractivity contribution in [3.05, 3.63) is 34.3 Å². The Balaban J connectivity index is 3.18. The summed E-state index contributed by atoms with van der Waals surface area (Å²) in [4.78, 5) is 0. The number of halogens is 1. The lowest BCUT2D eigenvalue weighted by Gasteiger charge is -2.16. The van der Waals surface area contributed by atoms with Crippen LogP contribution in [0.4, 0.5) is 0 Å². The van der Waals surface area contributed by atoms with Crippen LogP contribution in [0.25, 0.3) is 0 Å². The van der Waals surface area contributed by atoms with E-state index in [2.05, 4.69) is 0 Å². The number of aliphatic hydroxyl groups is 1. The SMILES string of the molecule is C[C@@H](O)[C@@H](N)c1cc(Cl)ccc1C#N. The van der Waals surface area contributed by atoms with E-state index < -0.39 is 12.1 Å². The molecule has 1 rings (SSSR count). The van der Waals surface area contributed by atoms with Crippen molar-refractivity contribution < 1.29 is 5.11 Å². The third kappa shape index (κ3) is 2.24. The molecular weight excluding hydrogens is 200 g/mol. The zero-order valence-corrected chi connectivity index (χ0v) is 8.49. The van der Waals surface area contributed by atoms with Gasteiger partial charge in [-0.05, 0) is 30.7 Å². The Labute approximate surface area is 87.7 Å². The molecule has 2 atom stereocenters. The van der Waals surface area contributed by atoms with Gasteiger partial charge in [0.05, 0.1) is 23.8 Å². The Morgan fingerprint density at radius 2 is 2.21 bits per heavy atom. The van der Waals surface area contributed by atoms with Gasteiger partial charge in [0, 0.05) is 5.02 Å². The summed E-state index contributed by atoms with van der Waals surface area (Å²) in [7, 11) is 0. The first-order chi connectivity index (χ1) is 6.56. The van der Waals surface area contributed by atoms with Gasteiger partial charge in [-0.15, -0.1) is 0 Å². The van der Waals surface area contributed by atoms with Crippen LogP contribution < -0.4 is 5.73 Å². The molecule has 0 bridgehead atoms. The molecule has 0 fully saturated rings. The Kier molecular flexibility index (Phi) is 3.48. The van der Waals surface area contributed by atoms with Gasteiger partial charge in [0.1, 0.15) is 0 Å². The van der Waals surface area contributed by atoms with Gasteiger partial charge in [0.25, 0.3) is 0 Å². The summed E-state index contributed by atoms with van der Waals surface area (Å²) in [6.45, 7) is 1.58. The molecule has 14 heavy (non-hydrogen) atoms. The van der Waals surface area contributed by atoms with Crippen LogP contribution in [0.1, 0.15) is 24.1 Å². The number of nitrogens with zero attached hydrogens (tertiary/aromatic N) is 1. The number of hydrogen-bond acceptors (Lipinski definition) is 3. The molecule has 4 heteroatoms. The molecule has 1 aromatic rings. The largest absolute Gasteiger partial charge is 0.391 e. The molecule has 3 N–H and O–H groups in total. The zero-order valence-electron chi connectivity index (χ0n) is 7.74. The van der Waals surface area contributed by atoms with Gasteiger partial charge in [-0.1, -0.05) is 11.6 Å². The maximum absolute atomic E-state index is 9.31. The highest BCUT2D eigenvalue weighted by Crippen LogP contribution is 2.22. The summed E-state index contributed by atoms with van der Waals surface area (Å²) in [5, 5.41) is 18.6. The van der Waals surface area contributed by atoms with Gasteiger partial charge in [0.2, 0.25) is 0 Å². The number of benzene rings is 1. The molecule has 0 unspecified atom stereocenters. The van der Waals surface area contributed by atoms with E-state index >= 15 is 0 Å². The molecule has 0 radical (unpaired) electrons. The third-order valence-electron chi connectivity index (χ3n) is 2.01. The molecule has 0 aromatic heterocycles. The molecular formula is C10H11ClN2O. The third-order valence-corrected chi connectivity index (χ3v) is 2.25. The summed E-state index contributed by atoms with van der Waals surface area (Å²) in [5.41, 5.74) is 6.75. The second-order valence-corrected chi connectivity index (χ2v) is 3.55. The fraction of sp³-hybridized carbons (Fsp3) is 0.300. The number of nitriles is 1. The van der Waals surface area contributed by atoms with Crippen molar-refractivity contribution in [1.29, 1.82) is 5.26 Å². The highest BCUT2D eigenvalue weighted by molar-refractivity contribution is 6.30. The first-order valence-electron chi connectivity index (χ1n) is 4.19. The van der Waals surface area contributed by atoms with E-state index in [1.54, 1.807) is 25.1 Å². The molecule has 0 saturated carbocycles. The van der Waals surface area contributed by atoms with Crippen LogP contribution in [0, 0.1) is 11.3 Å². The Morgan fingerprint density at radius 3 is 2.71 bits per heavy atom. The van der Waals surface area contributed by atoms with Gasteiger partial charge >= 0.3 is 0 Å². The minimum atomic E-state index is -0.708. The van der Waals surface area contributed by atoms with Crippen LogP contribution in [0.3, 0.4) is 0 Å². The van der Waals surface area contributed by atoms with Crippen molar-refractivity contribution >= 4 is 11.6 Å². The van der Waals surface area contributed by atoms with Gasteiger partial charge in [0.15, 0.2) is 0 Å². The van der Waals surface area contributed by atoms with E-state index in [4.69, 9.17) is 22.6 Å². The van der Waals surface area contributed by atoms with Crippen LogP contribution in [-0.4, -0.2) is 11.2 Å². The molecule has 74 valence electrons. The number of nitrogens with two attached hydrogens (primary N) is 1. The molecule has 0 saturated heterocycles. The number of rotatable bonds is 2. The quantitative estimate of drug-likeness (QED) is 0.779. The van der Waals surface area contributed by atoms with Crippen LogP contribution in [-0.2, 0) is 0 Å². The van der Waals surface area contributed by atoms with Gasteiger partial charge in [-0.2, -0.15) is 5.26 Å². The molecule has 0 heterocycles. The lowest BCUT2D eigenvalue weighted by atomic mass is 9.98. The van der Waals surface area contributed by atoms with Crippen molar-refractivity contribution in [3.63, 3.8) is 0 Å². The molecule has 3 nitrogen and oxygen atoms in total. The summed E-state index contributed by atoms with van der Waals surface area (Å²) in [5.74, 6) is 0. The van der Waals surface area contributed by atoms with E-state index in [1.165, 1.54) is 0 Å². The van der Waals surface area contributed by atoms with Crippen molar-refractivity contribution in [2.75, 3.05) is 0 Å². The summed E-state index contributed by atoms with van der Waals surface area (Å²) < 4.78 is 0. The van der Waals surface area contributed by atoms with Crippen LogP contribution in [0.15, 0.2) is 18.2 Å². The van der Waals surface area contributed by atoms with Crippen LogP contribution in [0.2, 0.25) is 5.02 Å². The van der Waals surface area contributed by atoms with E-state index in [0.717, 1.165) is 0 Å². The minimum Gasteiger partial charge on any atom is -0.391 e. The molecule has 0 aliphatic rings. The standard InChI is InChI=1S/C10H11ClN2O/c1-6(14)10(13)9-4-8(11)3-2-7(9)5-12/h2-4,6,10,14H,13H2,1H3/t6-,10-/m1/s1. The van der Waals surface area contributed by atoms with Crippen molar-refractivity contribution in [2.45, 2.75) is 19.1 Å². The lowest BCUT2D eigenvalue weighted by Crippen LogP contribution is -2.24. The normalized spacial score (nSPS) is 14.5. The molecule has 1 aromatic carbocycles. The van der Waals surface area contributed by atoms with Crippen molar-refractivity contribution in [2.24, 2.45) is 5.73 Å². The predicted octanol–water partition coefficient (Wildman–Crippen LogP) is 1.59. The second kappa shape index (κ2) is 4.43. The molecule has 0 aliphatic heterocycles. The zero-order chi connectivity index (χ0) is 10.7. The lowest BCUT2D eigenvalue weighted by molar-refractivity contribution is 0.164. The number of aliphatic hydroxyl groups excluding tert-OH is 1. The van der Waals surface area contributed by atoms with Crippen LogP contribution in [0.5, 0.6) is 0 Å². The average Bonchev–Trinajstić information content (AvgIpc) is 2.16. The average molecular weight is 211 g/mol. The van der Waals surface area contributed by atoms with Crippen LogP contribution >= 0.6 is 11.6 Å². The monoisotopic (exact) mass is 210 g/mol. The van der Waals surface area contributed by atoms with Crippen molar-refractivity contribution in [1.82, 2.24) is 0 Å². The topological polar surface area (TPSA) is 70.0 Å². The Bertz CT molecular complexity index is 371. The molecule has 0 spiro atoms. The molecule has 0 aliphatic carbocycles.